The predicted octanol–water partition coefficient (Wildman–Crippen LogP) is 3.67. The molecule has 4 nitrogen and oxygen atoms in total. The maximum Gasteiger partial charge on any atom is 0.253 e. The standard InChI is InChI=1S/C20H20ClN3O/c1-15-3-2-4-17(13-15)20(25)24-11-9-23(10-12-24)19(14-22)16-5-7-18(21)8-6-16/h2-8,13,19H,9-12H2,1H3. The van der Waals surface area contributed by atoms with Gasteiger partial charge in [0.15, 0.2) is 0 Å². The second-order valence-electron chi connectivity index (χ2n) is 6.28. The minimum absolute atomic E-state index is 0.0587. The molecule has 5 heteroatoms. The number of piperazine rings is 1. The van der Waals surface area contributed by atoms with Gasteiger partial charge in [0.2, 0.25) is 0 Å². The fourth-order valence-corrected chi connectivity index (χ4v) is 3.28. The SMILES string of the molecule is Cc1cccc(C(=O)N2CCN(C(C#N)c3ccc(Cl)cc3)CC2)c1. The van der Waals surface area contributed by atoms with Crippen molar-refractivity contribution in [2.45, 2.75) is 13.0 Å². The Kier molecular flexibility index (Phi) is 5.37. The van der Waals surface area contributed by atoms with Crippen molar-refractivity contribution in [3.63, 3.8) is 0 Å². The van der Waals surface area contributed by atoms with Gasteiger partial charge in [-0.05, 0) is 36.8 Å². The topological polar surface area (TPSA) is 47.3 Å². The number of amides is 1. The van der Waals surface area contributed by atoms with Gasteiger partial charge in [-0.1, -0.05) is 41.4 Å². The van der Waals surface area contributed by atoms with Crippen molar-refractivity contribution < 1.29 is 4.79 Å². The van der Waals surface area contributed by atoms with Crippen LogP contribution in [0.2, 0.25) is 5.02 Å². The normalized spacial score (nSPS) is 16.3. The van der Waals surface area contributed by atoms with E-state index in [-0.39, 0.29) is 11.9 Å². The molecule has 0 aliphatic carbocycles. The number of hydrogen-bond donors (Lipinski definition) is 0. The van der Waals surface area contributed by atoms with E-state index in [1.165, 1.54) is 0 Å². The van der Waals surface area contributed by atoms with E-state index < -0.39 is 0 Å². The molecule has 1 fully saturated rings. The van der Waals surface area contributed by atoms with E-state index in [2.05, 4.69) is 11.0 Å². The summed E-state index contributed by atoms with van der Waals surface area (Å²) in [6.45, 7) is 4.59. The average molecular weight is 354 g/mol. The van der Waals surface area contributed by atoms with E-state index in [0.717, 1.165) is 16.7 Å². The first-order chi connectivity index (χ1) is 12.1. The van der Waals surface area contributed by atoms with Gasteiger partial charge in [0.05, 0.1) is 6.07 Å². The van der Waals surface area contributed by atoms with Crippen LogP contribution in [0.5, 0.6) is 0 Å². The molecule has 0 bridgehead atoms. The molecular formula is C20H20ClN3O. The fraction of sp³-hybridized carbons (Fsp3) is 0.300. The first-order valence-electron chi connectivity index (χ1n) is 8.33. The van der Waals surface area contributed by atoms with E-state index in [1.807, 2.05) is 48.2 Å². The van der Waals surface area contributed by atoms with Gasteiger partial charge in [-0.2, -0.15) is 5.26 Å². The highest BCUT2D eigenvalue weighted by Gasteiger charge is 2.27. The number of nitrogens with zero attached hydrogens (tertiary/aromatic N) is 3. The molecule has 0 N–H and O–H groups in total. The monoisotopic (exact) mass is 353 g/mol. The number of carbonyl (C=O) groups excluding carboxylic acids is 1. The summed E-state index contributed by atoms with van der Waals surface area (Å²) in [7, 11) is 0. The molecule has 0 aromatic heterocycles. The molecule has 128 valence electrons. The molecule has 1 atom stereocenters. The van der Waals surface area contributed by atoms with E-state index in [0.29, 0.717) is 31.2 Å². The average Bonchev–Trinajstić information content (AvgIpc) is 2.64. The summed E-state index contributed by atoms with van der Waals surface area (Å²) in [6, 6.07) is 17.1. The largest absolute Gasteiger partial charge is 0.336 e. The number of nitriles is 1. The lowest BCUT2D eigenvalue weighted by Gasteiger charge is -2.37. The van der Waals surface area contributed by atoms with Crippen LogP contribution in [0.1, 0.15) is 27.5 Å². The summed E-state index contributed by atoms with van der Waals surface area (Å²) in [5.74, 6) is 0.0587. The van der Waals surface area contributed by atoms with Gasteiger partial charge in [0.1, 0.15) is 6.04 Å². The second kappa shape index (κ2) is 7.69. The molecular weight excluding hydrogens is 334 g/mol. The molecule has 1 saturated heterocycles. The Morgan fingerprint density at radius 2 is 1.80 bits per heavy atom. The van der Waals surface area contributed by atoms with Crippen LogP contribution in [-0.2, 0) is 0 Å². The van der Waals surface area contributed by atoms with Crippen LogP contribution >= 0.6 is 11.6 Å². The van der Waals surface area contributed by atoms with Crippen molar-refractivity contribution >= 4 is 17.5 Å². The van der Waals surface area contributed by atoms with Gasteiger partial charge < -0.3 is 4.90 Å². The van der Waals surface area contributed by atoms with Gasteiger partial charge in [0, 0.05) is 36.8 Å². The van der Waals surface area contributed by atoms with Crippen molar-refractivity contribution in [1.29, 1.82) is 5.26 Å². The first kappa shape index (κ1) is 17.5. The third-order valence-electron chi connectivity index (χ3n) is 4.54. The Morgan fingerprint density at radius 3 is 2.40 bits per heavy atom. The van der Waals surface area contributed by atoms with Crippen LogP contribution in [-0.4, -0.2) is 41.9 Å². The first-order valence-corrected chi connectivity index (χ1v) is 8.71. The third kappa shape index (κ3) is 4.01. The summed E-state index contributed by atoms with van der Waals surface area (Å²) in [6.07, 6.45) is 0. The Labute approximate surface area is 153 Å². The van der Waals surface area contributed by atoms with Crippen molar-refractivity contribution in [1.82, 2.24) is 9.80 Å². The number of halogens is 1. The van der Waals surface area contributed by atoms with Gasteiger partial charge in [-0.15, -0.1) is 0 Å². The summed E-state index contributed by atoms with van der Waals surface area (Å²) in [4.78, 5) is 16.6. The zero-order valence-corrected chi connectivity index (χ0v) is 14.9. The van der Waals surface area contributed by atoms with E-state index >= 15 is 0 Å². The molecule has 1 aliphatic heterocycles. The van der Waals surface area contributed by atoms with E-state index in [4.69, 9.17) is 11.6 Å². The molecule has 1 unspecified atom stereocenters. The number of rotatable bonds is 3. The summed E-state index contributed by atoms with van der Waals surface area (Å²) in [5, 5.41) is 10.2. The predicted molar refractivity (Wildman–Crippen MR) is 98.5 cm³/mol. The van der Waals surface area contributed by atoms with Crippen molar-refractivity contribution in [3.8, 4) is 6.07 Å². The zero-order valence-electron chi connectivity index (χ0n) is 14.2. The molecule has 1 heterocycles. The maximum absolute atomic E-state index is 12.6. The van der Waals surface area contributed by atoms with Crippen LogP contribution in [0.25, 0.3) is 0 Å². The van der Waals surface area contributed by atoms with Crippen LogP contribution in [0.4, 0.5) is 0 Å². The number of aryl methyl sites for hydroxylation is 1. The molecule has 2 aromatic carbocycles. The third-order valence-corrected chi connectivity index (χ3v) is 4.79. The van der Waals surface area contributed by atoms with E-state index in [9.17, 15) is 10.1 Å². The molecule has 0 saturated carbocycles. The molecule has 25 heavy (non-hydrogen) atoms. The Hall–Kier alpha value is -2.35. The smallest absolute Gasteiger partial charge is 0.253 e. The zero-order chi connectivity index (χ0) is 17.8. The van der Waals surface area contributed by atoms with E-state index in [1.54, 1.807) is 12.1 Å². The van der Waals surface area contributed by atoms with Crippen molar-refractivity contribution in [3.05, 3.63) is 70.2 Å². The summed E-state index contributed by atoms with van der Waals surface area (Å²) in [5.41, 5.74) is 2.74. The summed E-state index contributed by atoms with van der Waals surface area (Å²) < 4.78 is 0. The highest BCUT2D eigenvalue weighted by molar-refractivity contribution is 6.30. The fourth-order valence-electron chi connectivity index (χ4n) is 3.16. The quantitative estimate of drug-likeness (QED) is 0.845. The highest BCUT2D eigenvalue weighted by atomic mass is 35.5. The molecule has 1 aliphatic rings. The lowest BCUT2D eigenvalue weighted by atomic mass is 10.1. The number of benzene rings is 2. The minimum Gasteiger partial charge on any atom is -0.336 e. The highest BCUT2D eigenvalue weighted by Crippen LogP contribution is 2.23. The van der Waals surface area contributed by atoms with Gasteiger partial charge >= 0.3 is 0 Å². The van der Waals surface area contributed by atoms with Gasteiger partial charge in [0.25, 0.3) is 5.91 Å². The van der Waals surface area contributed by atoms with Crippen LogP contribution in [0.15, 0.2) is 48.5 Å². The van der Waals surface area contributed by atoms with Gasteiger partial charge in [-0.3, -0.25) is 9.69 Å². The molecule has 0 radical (unpaired) electrons. The Balaban J connectivity index is 1.65. The van der Waals surface area contributed by atoms with Crippen molar-refractivity contribution in [2.75, 3.05) is 26.2 Å². The number of carbonyl (C=O) groups is 1. The molecule has 3 rings (SSSR count). The van der Waals surface area contributed by atoms with Crippen LogP contribution < -0.4 is 0 Å². The van der Waals surface area contributed by atoms with Gasteiger partial charge in [-0.25, -0.2) is 0 Å². The lowest BCUT2D eigenvalue weighted by molar-refractivity contribution is 0.0606. The Morgan fingerprint density at radius 1 is 1.12 bits per heavy atom. The van der Waals surface area contributed by atoms with Crippen LogP contribution in [0.3, 0.4) is 0 Å². The maximum atomic E-state index is 12.6. The Bertz CT molecular complexity index is 789. The molecule has 2 aromatic rings. The second-order valence-corrected chi connectivity index (χ2v) is 6.72. The van der Waals surface area contributed by atoms with Crippen LogP contribution in [0, 0.1) is 18.3 Å². The minimum atomic E-state index is -0.312. The lowest BCUT2D eigenvalue weighted by Crippen LogP contribution is -2.49. The van der Waals surface area contributed by atoms with Crippen molar-refractivity contribution in [2.24, 2.45) is 0 Å². The molecule has 1 amide bonds. The molecule has 0 spiro atoms. The number of hydrogen-bond acceptors (Lipinski definition) is 3. The summed E-state index contributed by atoms with van der Waals surface area (Å²) >= 11 is 5.93.